The Morgan fingerprint density at radius 1 is 0.944 bits per heavy atom. The monoisotopic (exact) mass is 572 g/mol. The van der Waals surface area contributed by atoms with Gasteiger partial charge in [0.25, 0.3) is 5.91 Å². The largest absolute Gasteiger partial charge is 0.274 e. The third-order valence-electron chi connectivity index (χ3n) is 6.67. The zero-order chi connectivity index (χ0) is 26.4. The number of imide groups is 1. The lowest BCUT2D eigenvalue weighted by Gasteiger charge is -2.29. The Labute approximate surface area is 218 Å². The maximum absolute atomic E-state index is 14.2. The van der Waals surface area contributed by atoms with E-state index in [2.05, 4.69) is 15.9 Å². The average Bonchev–Trinajstić information content (AvgIpc) is 3.11. The van der Waals surface area contributed by atoms with Crippen LogP contribution >= 0.6 is 15.9 Å². The van der Waals surface area contributed by atoms with E-state index in [0.29, 0.717) is 22.4 Å². The van der Waals surface area contributed by atoms with E-state index in [1.807, 2.05) is 19.9 Å². The molecule has 1 atom stereocenters. The number of halogens is 2. The van der Waals surface area contributed by atoms with Crippen molar-refractivity contribution in [2.75, 3.05) is 4.90 Å². The molecule has 1 heterocycles. The molecule has 0 saturated carbocycles. The van der Waals surface area contributed by atoms with E-state index in [4.69, 9.17) is 0 Å². The molecule has 36 heavy (non-hydrogen) atoms. The highest BCUT2D eigenvalue weighted by atomic mass is 79.9. The summed E-state index contributed by atoms with van der Waals surface area (Å²) in [6, 6.07) is 12.8. The Morgan fingerprint density at radius 3 is 2.06 bits per heavy atom. The minimum absolute atomic E-state index is 0.129. The highest BCUT2D eigenvalue weighted by molar-refractivity contribution is 9.10. The lowest BCUT2D eigenvalue weighted by Crippen LogP contribution is -2.45. The van der Waals surface area contributed by atoms with E-state index in [0.717, 1.165) is 24.8 Å². The minimum atomic E-state index is -4.24. The molecule has 188 valence electrons. The molecule has 3 aromatic carbocycles. The van der Waals surface area contributed by atoms with Gasteiger partial charge in [0.05, 0.1) is 17.0 Å². The number of carbonyl (C=O) groups is 2. The Morgan fingerprint density at radius 2 is 1.50 bits per heavy atom. The molecule has 6 nitrogen and oxygen atoms in total. The molecule has 0 spiro atoms. The van der Waals surface area contributed by atoms with Crippen LogP contribution in [0.25, 0.3) is 0 Å². The molecule has 0 aromatic heterocycles. The number of hydrogen-bond donors (Lipinski definition) is 0. The molecule has 0 N–H and O–H groups in total. The van der Waals surface area contributed by atoms with Crippen LogP contribution in [0.1, 0.15) is 34.2 Å². The van der Waals surface area contributed by atoms with Crippen molar-refractivity contribution >= 4 is 43.5 Å². The Balaban J connectivity index is 1.84. The van der Waals surface area contributed by atoms with E-state index in [1.165, 1.54) is 24.3 Å². The number of nitrogens with zero attached hydrogens (tertiary/aromatic N) is 2. The zero-order valence-corrected chi connectivity index (χ0v) is 22.8. The first-order valence-electron chi connectivity index (χ1n) is 11.4. The molecule has 1 aliphatic heterocycles. The van der Waals surface area contributed by atoms with Crippen LogP contribution in [0.3, 0.4) is 0 Å². The van der Waals surface area contributed by atoms with Crippen LogP contribution in [-0.2, 0) is 26.2 Å². The Kier molecular flexibility index (Phi) is 7.19. The molecule has 9 heteroatoms. The highest BCUT2D eigenvalue weighted by Crippen LogP contribution is 2.34. The van der Waals surface area contributed by atoms with Crippen molar-refractivity contribution in [1.29, 1.82) is 0 Å². The van der Waals surface area contributed by atoms with Crippen LogP contribution in [0.4, 0.5) is 10.1 Å². The summed E-state index contributed by atoms with van der Waals surface area (Å²) in [5.41, 5.74) is 3.66. The van der Waals surface area contributed by atoms with E-state index in [9.17, 15) is 22.4 Å². The molecule has 1 saturated heterocycles. The van der Waals surface area contributed by atoms with Crippen LogP contribution in [0, 0.1) is 33.5 Å². The first-order valence-corrected chi connectivity index (χ1v) is 13.6. The minimum Gasteiger partial charge on any atom is -0.274 e. The molecule has 1 unspecified atom stereocenters. The summed E-state index contributed by atoms with van der Waals surface area (Å²) >= 11 is 3.34. The smallest absolute Gasteiger partial charge is 0.252 e. The van der Waals surface area contributed by atoms with Crippen LogP contribution < -0.4 is 4.90 Å². The number of sulfonamides is 1. The maximum Gasteiger partial charge on any atom is 0.252 e. The second kappa shape index (κ2) is 9.88. The van der Waals surface area contributed by atoms with Gasteiger partial charge in [0.2, 0.25) is 15.9 Å². The quantitative estimate of drug-likeness (QED) is 0.373. The number of aryl methyl sites for hydroxylation is 2. The standard InChI is InChI=1S/C27H26BrFN2O4S/c1-16-13-17(2)19(4)26(18(16)3)36(34,35)30(15-20-5-9-22(29)10-6-20)24-14-25(32)31(27(24)33)23-11-7-21(28)8-12-23/h5-13,24H,14-15H2,1-4H3. The molecule has 1 aliphatic rings. The van der Waals surface area contributed by atoms with Gasteiger partial charge in [-0.25, -0.2) is 17.7 Å². The predicted octanol–water partition coefficient (Wildman–Crippen LogP) is 5.34. The van der Waals surface area contributed by atoms with Gasteiger partial charge in [-0.15, -0.1) is 0 Å². The summed E-state index contributed by atoms with van der Waals surface area (Å²) in [6.07, 6.45) is -0.293. The van der Waals surface area contributed by atoms with Gasteiger partial charge in [0, 0.05) is 11.0 Å². The summed E-state index contributed by atoms with van der Waals surface area (Å²) in [6.45, 7) is 6.96. The topological polar surface area (TPSA) is 74.8 Å². The van der Waals surface area contributed by atoms with E-state index >= 15 is 0 Å². The third-order valence-corrected chi connectivity index (χ3v) is 9.33. The molecule has 3 aromatic rings. The van der Waals surface area contributed by atoms with Gasteiger partial charge in [0.15, 0.2) is 0 Å². The number of carbonyl (C=O) groups excluding carboxylic acids is 2. The van der Waals surface area contributed by atoms with Crippen molar-refractivity contribution in [1.82, 2.24) is 4.31 Å². The van der Waals surface area contributed by atoms with E-state index in [1.54, 1.807) is 38.1 Å². The fraction of sp³-hybridized carbons (Fsp3) is 0.259. The first-order chi connectivity index (χ1) is 16.9. The predicted molar refractivity (Wildman–Crippen MR) is 140 cm³/mol. The van der Waals surface area contributed by atoms with Gasteiger partial charge in [-0.1, -0.05) is 34.1 Å². The number of hydrogen-bond acceptors (Lipinski definition) is 4. The fourth-order valence-electron chi connectivity index (χ4n) is 4.52. The summed E-state index contributed by atoms with van der Waals surface area (Å²) < 4.78 is 43.9. The van der Waals surface area contributed by atoms with Gasteiger partial charge in [-0.05, 0) is 91.9 Å². The molecule has 1 fully saturated rings. The van der Waals surface area contributed by atoms with Gasteiger partial charge in [-0.2, -0.15) is 4.31 Å². The summed E-state index contributed by atoms with van der Waals surface area (Å²) in [4.78, 5) is 27.8. The SMILES string of the molecule is Cc1cc(C)c(C)c(S(=O)(=O)N(Cc2ccc(F)cc2)C2CC(=O)N(c3ccc(Br)cc3)C2=O)c1C. The molecule has 0 aliphatic carbocycles. The van der Waals surface area contributed by atoms with Crippen molar-refractivity contribution in [3.8, 4) is 0 Å². The van der Waals surface area contributed by atoms with Crippen molar-refractivity contribution in [3.05, 3.63) is 92.7 Å². The molecule has 0 bridgehead atoms. The molecule has 0 radical (unpaired) electrons. The Bertz CT molecular complexity index is 1430. The summed E-state index contributed by atoms with van der Waals surface area (Å²) in [5.74, 6) is -1.56. The van der Waals surface area contributed by atoms with Crippen molar-refractivity contribution in [3.63, 3.8) is 0 Å². The first kappa shape index (κ1) is 26.2. The normalized spacial score (nSPS) is 16.3. The van der Waals surface area contributed by atoms with E-state index in [-0.39, 0.29) is 17.9 Å². The summed E-state index contributed by atoms with van der Waals surface area (Å²) in [7, 11) is -4.24. The maximum atomic E-state index is 14.2. The van der Waals surface area contributed by atoms with Gasteiger partial charge >= 0.3 is 0 Å². The molecule has 2 amide bonds. The third kappa shape index (κ3) is 4.75. The lowest BCUT2D eigenvalue weighted by atomic mass is 10.0. The second-order valence-corrected chi connectivity index (χ2v) is 11.8. The van der Waals surface area contributed by atoms with E-state index < -0.39 is 33.7 Å². The number of anilines is 1. The summed E-state index contributed by atoms with van der Waals surface area (Å²) in [5, 5.41) is 0. The van der Waals surface area contributed by atoms with Crippen LogP contribution in [0.5, 0.6) is 0 Å². The van der Waals surface area contributed by atoms with Crippen LogP contribution in [-0.4, -0.2) is 30.6 Å². The number of benzene rings is 3. The number of rotatable bonds is 6. The van der Waals surface area contributed by atoms with Crippen molar-refractivity contribution < 1.29 is 22.4 Å². The zero-order valence-electron chi connectivity index (χ0n) is 20.4. The fourth-order valence-corrected chi connectivity index (χ4v) is 6.93. The van der Waals surface area contributed by atoms with Crippen molar-refractivity contribution in [2.45, 2.75) is 51.6 Å². The highest BCUT2D eigenvalue weighted by Gasteiger charge is 2.47. The van der Waals surface area contributed by atoms with Crippen molar-refractivity contribution in [2.24, 2.45) is 0 Å². The molecule has 4 rings (SSSR count). The Hall–Kier alpha value is -2.88. The van der Waals surface area contributed by atoms with Crippen LogP contribution in [0.15, 0.2) is 64.0 Å². The van der Waals surface area contributed by atoms with Crippen LogP contribution in [0.2, 0.25) is 0 Å². The van der Waals surface area contributed by atoms with Gasteiger partial charge in [0.1, 0.15) is 11.9 Å². The van der Waals surface area contributed by atoms with Gasteiger partial charge in [-0.3, -0.25) is 9.59 Å². The molecular weight excluding hydrogens is 547 g/mol. The lowest BCUT2D eigenvalue weighted by molar-refractivity contribution is -0.122. The van der Waals surface area contributed by atoms with Gasteiger partial charge < -0.3 is 0 Å². The average molecular weight is 573 g/mol. The number of amides is 2. The second-order valence-electron chi connectivity index (χ2n) is 9.03. The molecular formula is C27H26BrFN2O4S.